The molecule has 0 radical (unpaired) electrons. The summed E-state index contributed by atoms with van der Waals surface area (Å²) in [4.78, 5) is 28.0. The topological polar surface area (TPSA) is 86.8 Å². The number of sulfonamides is 1. The lowest BCUT2D eigenvalue weighted by Gasteiger charge is -2.33. The fourth-order valence-electron chi connectivity index (χ4n) is 3.90. The first-order valence-corrected chi connectivity index (χ1v) is 14.4. The lowest BCUT2D eigenvalue weighted by atomic mass is 10.1. The normalized spacial score (nSPS) is 12.1. The molecule has 11 heteroatoms. The highest BCUT2D eigenvalue weighted by atomic mass is 35.5. The summed E-state index contributed by atoms with van der Waals surface area (Å²) in [6.45, 7) is 3.02. The second kappa shape index (κ2) is 12.8. The fourth-order valence-corrected chi connectivity index (χ4v) is 5.80. The first-order valence-electron chi connectivity index (χ1n) is 11.8. The third kappa shape index (κ3) is 6.80. The predicted octanol–water partition coefficient (Wildman–Crippen LogP) is 5.70. The van der Waals surface area contributed by atoms with E-state index >= 15 is 0 Å². The van der Waals surface area contributed by atoms with Gasteiger partial charge in [0, 0.05) is 18.6 Å². The van der Waals surface area contributed by atoms with Gasteiger partial charge in [-0.15, -0.1) is 0 Å². The molecule has 0 aliphatic heterocycles. The highest BCUT2D eigenvalue weighted by Crippen LogP contribution is 2.31. The predicted molar refractivity (Wildman–Crippen MR) is 152 cm³/mol. The minimum Gasteiger partial charge on any atom is -0.357 e. The van der Waals surface area contributed by atoms with E-state index in [2.05, 4.69) is 5.32 Å². The number of carbonyl (C=O) groups is 2. The summed E-state index contributed by atoms with van der Waals surface area (Å²) in [5.74, 6) is -0.975. The van der Waals surface area contributed by atoms with E-state index in [1.807, 2.05) is 6.92 Å². The minimum absolute atomic E-state index is 0.00188. The Kier molecular flexibility index (Phi) is 10.1. The Morgan fingerprint density at radius 1 is 0.921 bits per heavy atom. The molecule has 0 aliphatic carbocycles. The van der Waals surface area contributed by atoms with Crippen LogP contribution in [-0.2, 0) is 26.2 Å². The van der Waals surface area contributed by atoms with Gasteiger partial charge in [-0.25, -0.2) is 8.42 Å². The van der Waals surface area contributed by atoms with Crippen LogP contribution >= 0.6 is 34.8 Å². The van der Waals surface area contributed by atoms with Crippen LogP contribution in [0.3, 0.4) is 0 Å². The van der Waals surface area contributed by atoms with Crippen LogP contribution in [0.25, 0.3) is 0 Å². The van der Waals surface area contributed by atoms with Gasteiger partial charge in [-0.2, -0.15) is 0 Å². The van der Waals surface area contributed by atoms with Gasteiger partial charge in [-0.05, 0) is 55.3 Å². The Hall–Kier alpha value is -2.78. The molecule has 0 aliphatic rings. The molecule has 202 valence electrons. The van der Waals surface area contributed by atoms with E-state index in [1.165, 1.54) is 42.3 Å². The smallest absolute Gasteiger partial charge is 0.264 e. The number of carbonyl (C=O) groups excluding carboxylic acids is 2. The number of rotatable bonds is 10. The van der Waals surface area contributed by atoms with Crippen LogP contribution < -0.4 is 9.62 Å². The van der Waals surface area contributed by atoms with Gasteiger partial charge in [0.25, 0.3) is 10.0 Å². The van der Waals surface area contributed by atoms with E-state index in [0.717, 1.165) is 9.87 Å². The van der Waals surface area contributed by atoms with Crippen molar-refractivity contribution in [2.45, 2.75) is 37.8 Å². The number of amides is 2. The average molecular weight is 597 g/mol. The highest BCUT2D eigenvalue weighted by Gasteiger charge is 2.33. The van der Waals surface area contributed by atoms with Crippen molar-refractivity contribution in [1.82, 2.24) is 10.2 Å². The maximum absolute atomic E-state index is 13.9. The van der Waals surface area contributed by atoms with E-state index in [1.54, 1.807) is 43.3 Å². The first kappa shape index (κ1) is 29.8. The number of likely N-dealkylation sites (N-methyl/N-ethyl adjacent to an activating group) is 1. The molecule has 0 saturated carbocycles. The molecule has 3 aromatic rings. The summed E-state index contributed by atoms with van der Waals surface area (Å²) >= 11 is 18.7. The van der Waals surface area contributed by atoms with Crippen molar-refractivity contribution < 1.29 is 18.0 Å². The van der Waals surface area contributed by atoms with Gasteiger partial charge in [-0.1, -0.05) is 77.6 Å². The van der Waals surface area contributed by atoms with E-state index < -0.39 is 28.5 Å². The number of nitrogens with zero attached hydrogens (tertiary/aromatic N) is 2. The van der Waals surface area contributed by atoms with Gasteiger partial charge in [0.2, 0.25) is 11.8 Å². The quantitative estimate of drug-likeness (QED) is 0.325. The Morgan fingerprint density at radius 3 is 2.16 bits per heavy atom. The Morgan fingerprint density at radius 2 is 1.58 bits per heavy atom. The zero-order valence-electron chi connectivity index (χ0n) is 21.1. The van der Waals surface area contributed by atoms with E-state index in [4.69, 9.17) is 34.8 Å². The summed E-state index contributed by atoms with van der Waals surface area (Å²) in [6, 6.07) is 16.7. The van der Waals surface area contributed by atoms with E-state index in [9.17, 15) is 18.0 Å². The number of hydrogen-bond acceptors (Lipinski definition) is 4. The SMILES string of the molecule is CC[C@H](C(=O)NC)N(Cc1ccccc1Cl)C(=O)CN(c1ccc(Cl)c(Cl)c1)S(=O)(=O)c1ccc(C)cc1. The summed E-state index contributed by atoms with van der Waals surface area (Å²) in [6.07, 6.45) is 0.299. The van der Waals surface area contributed by atoms with Crippen molar-refractivity contribution >= 4 is 62.3 Å². The molecule has 0 aromatic heterocycles. The molecule has 0 spiro atoms. The zero-order valence-corrected chi connectivity index (χ0v) is 24.2. The summed E-state index contributed by atoms with van der Waals surface area (Å²) < 4.78 is 28.6. The van der Waals surface area contributed by atoms with E-state index in [-0.39, 0.29) is 33.1 Å². The number of halogens is 3. The van der Waals surface area contributed by atoms with Crippen LogP contribution in [0.1, 0.15) is 24.5 Å². The molecular weight excluding hydrogens is 569 g/mol. The molecule has 0 unspecified atom stereocenters. The van der Waals surface area contributed by atoms with Crippen LogP contribution in [0, 0.1) is 6.92 Å². The van der Waals surface area contributed by atoms with Crippen molar-refractivity contribution in [3.05, 3.63) is 92.9 Å². The van der Waals surface area contributed by atoms with Gasteiger partial charge in [-0.3, -0.25) is 13.9 Å². The van der Waals surface area contributed by atoms with Crippen molar-refractivity contribution in [3.8, 4) is 0 Å². The summed E-state index contributed by atoms with van der Waals surface area (Å²) in [5.41, 5.74) is 1.65. The third-order valence-electron chi connectivity index (χ3n) is 6.01. The van der Waals surface area contributed by atoms with Gasteiger partial charge in [0.1, 0.15) is 12.6 Å². The number of hydrogen-bond donors (Lipinski definition) is 1. The minimum atomic E-state index is -4.21. The van der Waals surface area contributed by atoms with Crippen molar-refractivity contribution in [2.75, 3.05) is 17.9 Å². The monoisotopic (exact) mass is 595 g/mol. The van der Waals surface area contributed by atoms with Crippen LogP contribution in [0.2, 0.25) is 15.1 Å². The molecule has 38 heavy (non-hydrogen) atoms. The molecule has 0 bridgehead atoms. The molecule has 1 atom stereocenters. The molecule has 7 nitrogen and oxygen atoms in total. The lowest BCUT2D eigenvalue weighted by molar-refractivity contribution is -0.140. The van der Waals surface area contributed by atoms with Gasteiger partial charge < -0.3 is 10.2 Å². The van der Waals surface area contributed by atoms with Crippen LogP contribution in [-0.4, -0.2) is 44.8 Å². The van der Waals surface area contributed by atoms with Gasteiger partial charge >= 0.3 is 0 Å². The van der Waals surface area contributed by atoms with Crippen LogP contribution in [0.15, 0.2) is 71.6 Å². The van der Waals surface area contributed by atoms with Crippen molar-refractivity contribution in [2.24, 2.45) is 0 Å². The summed E-state index contributed by atoms with van der Waals surface area (Å²) in [7, 11) is -2.73. The lowest BCUT2D eigenvalue weighted by Crippen LogP contribution is -2.51. The molecule has 1 N–H and O–H groups in total. The van der Waals surface area contributed by atoms with E-state index in [0.29, 0.717) is 17.0 Å². The van der Waals surface area contributed by atoms with Gasteiger partial charge in [0.05, 0.1) is 20.6 Å². The number of benzene rings is 3. The second-order valence-electron chi connectivity index (χ2n) is 8.57. The Labute approximate surface area is 238 Å². The number of nitrogens with one attached hydrogen (secondary N) is 1. The number of aryl methyl sites for hydroxylation is 1. The molecule has 3 aromatic carbocycles. The van der Waals surface area contributed by atoms with Crippen LogP contribution in [0.5, 0.6) is 0 Å². The average Bonchev–Trinajstić information content (AvgIpc) is 2.89. The standard InChI is InChI=1S/C27H28Cl3N3O4S/c1-4-25(27(35)31-3)32(16-19-7-5-6-8-22(19)28)26(34)17-33(20-11-14-23(29)24(30)15-20)38(36,37)21-12-9-18(2)10-13-21/h5-15,25H,4,16-17H2,1-3H3,(H,31,35)/t25-/m1/s1. The Bertz CT molecular complexity index is 1420. The molecule has 0 fully saturated rings. The highest BCUT2D eigenvalue weighted by molar-refractivity contribution is 7.92. The molecule has 3 rings (SSSR count). The third-order valence-corrected chi connectivity index (χ3v) is 8.91. The fraction of sp³-hybridized carbons (Fsp3) is 0.259. The first-order chi connectivity index (χ1) is 18.0. The Balaban J connectivity index is 2.10. The molecular formula is C27H28Cl3N3O4S. The summed E-state index contributed by atoms with van der Waals surface area (Å²) in [5, 5.41) is 3.37. The van der Waals surface area contributed by atoms with Crippen LogP contribution in [0.4, 0.5) is 5.69 Å². The molecule has 2 amide bonds. The molecule has 0 saturated heterocycles. The zero-order chi connectivity index (χ0) is 28.0. The molecule has 0 heterocycles. The maximum Gasteiger partial charge on any atom is 0.264 e. The largest absolute Gasteiger partial charge is 0.357 e. The number of anilines is 1. The van der Waals surface area contributed by atoms with Gasteiger partial charge in [0.15, 0.2) is 0 Å². The maximum atomic E-state index is 13.9. The second-order valence-corrected chi connectivity index (χ2v) is 11.7. The van der Waals surface area contributed by atoms with Crippen molar-refractivity contribution in [1.29, 1.82) is 0 Å². The van der Waals surface area contributed by atoms with Crippen molar-refractivity contribution in [3.63, 3.8) is 0 Å².